The molecule has 1 amide bonds. The molecule has 0 aromatic heterocycles. The average molecular weight is 343 g/mol. The van der Waals surface area contributed by atoms with Crippen molar-refractivity contribution in [2.75, 3.05) is 27.4 Å². The lowest BCUT2D eigenvalue weighted by Gasteiger charge is -2.39. The van der Waals surface area contributed by atoms with Gasteiger partial charge >= 0.3 is 0 Å². The second kappa shape index (κ2) is 7.32. The van der Waals surface area contributed by atoms with Crippen LogP contribution in [0.1, 0.15) is 37.7 Å². The van der Waals surface area contributed by atoms with E-state index in [-0.39, 0.29) is 19.2 Å². The monoisotopic (exact) mass is 343 g/mol. The zero-order valence-electron chi connectivity index (χ0n) is 15.0. The molecule has 25 heavy (non-hydrogen) atoms. The third-order valence-electron chi connectivity index (χ3n) is 5.20. The predicted molar refractivity (Wildman–Crippen MR) is 93.1 cm³/mol. The van der Waals surface area contributed by atoms with E-state index in [4.69, 9.17) is 9.47 Å². The second-order valence-corrected chi connectivity index (χ2v) is 7.02. The summed E-state index contributed by atoms with van der Waals surface area (Å²) < 4.78 is 10.7. The predicted octanol–water partition coefficient (Wildman–Crippen LogP) is 2.53. The van der Waals surface area contributed by atoms with Crippen molar-refractivity contribution in [3.8, 4) is 17.6 Å². The van der Waals surface area contributed by atoms with Crippen molar-refractivity contribution < 1.29 is 14.3 Å². The Balaban J connectivity index is 1.59. The average Bonchev–Trinajstić information content (AvgIpc) is 3.09. The minimum Gasteiger partial charge on any atom is -0.454 e. The first-order chi connectivity index (χ1) is 12.0. The van der Waals surface area contributed by atoms with E-state index in [1.54, 1.807) is 11.9 Å². The van der Waals surface area contributed by atoms with Crippen LogP contribution in [0.3, 0.4) is 0 Å². The summed E-state index contributed by atoms with van der Waals surface area (Å²) in [5.41, 5.74) is 0.435. The molecule has 1 heterocycles. The maximum Gasteiger partial charge on any atom is 0.237 e. The zero-order chi connectivity index (χ0) is 17.9. The molecular formula is C19H25N3O3. The van der Waals surface area contributed by atoms with Crippen LogP contribution in [0.25, 0.3) is 0 Å². The van der Waals surface area contributed by atoms with Crippen molar-refractivity contribution in [3.63, 3.8) is 0 Å². The lowest BCUT2D eigenvalue weighted by atomic mass is 9.81. The first-order valence-corrected chi connectivity index (χ1v) is 8.79. The lowest BCUT2D eigenvalue weighted by Crippen LogP contribution is -2.52. The van der Waals surface area contributed by atoms with E-state index in [1.807, 2.05) is 30.1 Å². The van der Waals surface area contributed by atoms with Gasteiger partial charge in [-0.05, 0) is 37.6 Å². The molecule has 0 bridgehead atoms. The van der Waals surface area contributed by atoms with Gasteiger partial charge in [0.15, 0.2) is 11.5 Å². The number of nitrogens with zero attached hydrogens (tertiary/aromatic N) is 3. The number of likely N-dealkylation sites (N-methyl/N-ethyl adjacent to an activating group) is 2. The standard InChI is InChI=1S/C19H25N3O3/c1-21(11-15-6-7-16-17(10-15)25-14-24-16)12-18(23)22(2)19(13-20)8-4-3-5-9-19/h6-7,10H,3-5,8-9,11-12,14H2,1-2H3. The number of benzene rings is 1. The second-order valence-electron chi connectivity index (χ2n) is 7.02. The summed E-state index contributed by atoms with van der Waals surface area (Å²) in [5, 5.41) is 9.64. The number of ether oxygens (including phenoxy) is 2. The quantitative estimate of drug-likeness (QED) is 0.822. The van der Waals surface area contributed by atoms with Gasteiger partial charge in [-0.3, -0.25) is 9.69 Å². The van der Waals surface area contributed by atoms with Crippen LogP contribution < -0.4 is 9.47 Å². The highest BCUT2D eigenvalue weighted by Gasteiger charge is 2.38. The van der Waals surface area contributed by atoms with E-state index in [2.05, 4.69) is 6.07 Å². The summed E-state index contributed by atoms with van der Waals surface area (Å²) in [6.45, 7) is 1.18. The van der Waals surface area contributed by atoms with Crippen LogP contribution in [-0.4, -0.2) is 48.7 Å². The molecule has 3 rings (SSSR count). The molecular weight excluding hydrogens is 318 g/mol. The van der Waals surface area contributed by atoms with Crippen molar-refractivity contribution in [3.05, 3.63) is 23.8 Å². The molecule has 1 aromatic rings. The lowest BCUT2D eigenvalue weighted by molar-refractivity contribution is -0.135. The van der Waals surface area contributed by atoms with Crippen LogP contribution in [-0.2, 0) is 11.3 Å². The van der Waals surface area contributed by atoms with Gasteiger partial charge in [-0.2, -0.15) is 5.26 Å². The minimum atomic E-state index is -0.630. The van der Waals surface area contributed by atoms with Crippen molar-refractivity contribution in [2.24, 2.45) is 0 Å². The summed E-state index contributed by atoms with van der Waals surface area (Å²) >= 11 is 0. The van der Waals surface area contributed by atoms with Crippen molar-refractivity contribution in [2.45, 2.75) is 44.2 Å². The number of carbonyl (C=O) groups excluding carboxylic acids is 1. The molecule has 6 heteroatoms. The number of rotatable bonds is 5. The van der Waals surface area contributed by atoms with Gasteiger partial charge in [-0.15, -0.1) is 0 Å². The fraction of sp³-hybridized carbons (Fsp3) is 0.579. The van der Waals surface area contributed by atoms with Gasteiger partial charge in [0.05, 0.1) is 12.6 Å². The summed E-state index contributed by atoms with van der Waals surface area (Å²) in [5.74, 6) is 1.50. The summed E-state index contributed by atoms with van der Waals surface area (Å²) in [4.78, 5) is 16.3. The topological polar surface area (TPSA) is 65.8 Å². The van der Waals surface area contributed by atoms with Crippen LogP contribution in [0.15, 0.2) is 18.2 Å². The SMILES string of the molecule is CN(CC(=O)N(C)C1(C#N)CCCCC1)Cc1ccc2c(c1)OCO2. The van der Waals surface area contributed by atoms with Gasteiger partial charge in [-0.1, -0.05) is 25.3 Å². The van der Waals surface area contributed by atoms with Gasteiger partial charge in [0.25, 0.3) is 0 Å². The molecule has 134 valence electrons. The number of hydrogen-bond donors (Lipinski definition) is 0. The number of amides is 1. The van der Waals surface area contributed by atoms with Crippen LogP contribution in [0.4, 0.5) is 0 Å². The molecule has 6 nitrogen and oxygen atoms in total. The van der Waals surface area contributed by atoms with E-state index in [0.29, 0.717) is 6.54 Å². The highest BCUT2D eigenvalue weighted by Crippen LogP contribution is 2.33. The number of fused-ring (bicyclic) bond motifs is 1. The smallest absolute Gasteiger partial charge is 0.237 e. The maximum atomic E-state index is 12.7. The summed E-state index contributed by atoms with van der Waals surface area (Å²) in [6.07, 6.45) is 4.72. The van der Waals surface area contributed by atoms with Crippen LogP contribution in [0.2, 0.25) is 0 Å². The fourth-order valence-electron chi connectivity index (χ4n) is 3.64. The van der Waals surface area contributed by atoms with Crippen molar-refractivity contribution >= 4 is 5.91 Å². The maximum absolute atomic E-state index is 12.7. The Labute approximate surface area is 148 Å². The molecule has 1 fully saturated rings. The number of hydrogen-bond acceptors (Lipinski definition) is 5. The molecule has 0 radical (unpaired) electrons. The Kier molecular flexibility index (Phi) is 5.14. The van der Waals surface area contributed by atoms with E-state index in [0.717, 1.165) is 49.2 Å². The fourth-order valence-corrected chi connectivity index (χ4v) is 3.64. The molecule has 1 aromatic carbocycles. The molecule has 0 unspecified atom stereocenters. The normalized spacial score (nSPS) is 18.0. The summed E-state index contributed by atoms with van der Waals surface area (Å²) in [7, 11) is 3.68. The van der Waals surface area contributed by atoms with Crippen LogP contribution >= 0.6 is 0 Å². The Hall–Kier alpha value is -2.26. The van der Waals surface area contributed by atoms with Gasteiger partial charge in [0, 0.05) is 13.6 Å². The van der Waals surface area contributed by atoms with Crippen LogP contribution in [0, 0.1) is 11.3 Å². The Bertz CT molecular complexity index is 677. The number of nitriles is 1. The Morgan fingerprint density at radius 3 is 2.64 bits per heavy atom. The highest BCUT2D eigenvalue weighted by molar-refractivity contribution is 5.79. The van der Waals surface area contributed by atoms with Crippen molar-refractivity contribution in [1.29, 1.82) is 5.26 Å². The first kappa shape index (κ1) is 17.6. The third kappa shape index (κ3) is 3.72. The molecule has 0 saturated heterocycles. The largest absolute Gasteiger partial charge is 0.454 e. The van der Waals surface area contributed by atoms with E-state index >= 15 is 0 Å². The molecule has 1 aliphatic heterocycles. The molecule has 2 aliphatic rings. The zero-order valence-corrected chi connectivity index (χ0v) is 15.0. The number of carbonyl (C=O) groups is 1. The van der Waals surface area contributed by atoms with E-state index in [9.17, 15) is 10.1 Å². The molecule has 1 saturated carbocycles. The Morgan fingerprint density at radius 1 is 1.20 bits per heavy atom. The van der Waals surface area contributed by atoms with Crippen molar-refractivity contribution in [1.82, 2.24) is 9.80 Å². The van der Waals surface area contributed by atoms with Gasteiger partial charge in [0.1, 0.15) is 5.54 Å². The molecule has 0 spiro atoms. The molecule has 1 aliphatic carbocycles. The third-order valence-corrected chi connectivity index (χ3v) is 5.20. The van der Waals surface area contributed by atoms with Crippen LogP contribution in [0.5, 0.6) is 11.5 Å². The van der Waals surface area contributed by atoms with E-state index < -0.39 is 5.54 Å². The highest BCUT2D eigenvalue weighted by atomic mass is 16.7. The van der Waals surface area contributed by atoms with E-state index in [1.165, 1.54) is 0 Å². The molecule has 0 atom stereocenters. The summed E-state index contributed by atoms with van der Waals surface area (Å²) in [6, 6.07) is 8.23. The van der Waals surface area contributed by atoms with Gasteiger partial charge in [0.2, 0.25) is 12.7 Å². The van der Waals surface area contributed by atoms with Gasteiger partial charge in [-0.25, -0.2) is 0 Å². The Morgan fingerprint density at radius 2 is 1.92 bits per heavy atom. The van der Waals surface area contributed by atoms with Gasteiger partial charge < -0.3 is 14.4 Å². The first-order valence-electron chi connectivity index (χ1n) is 8.79. The minimum absolute atomic E-state index is 0.00769. The molecule has 0 N–H and O–H groups in total.